The molecule has 0 spiro atoms. The van der Waals surface area contributed by atoms with Crippen LogP contribution >= 0.6 is 0 Å². The third kappa shape index (κ3) is 2.05. The van der Waals surface area contributed by atoms with Crippen molar-refractivity contribution in [3.63, 3.8) is 0 Å². The van der Waals surface area contributed by atoms with Crippen LogP contribution in [0, 0.1) is 5.41 Å². The second-order valence-corrected chi connectivity index (χ2v) is 5.84. The summed E-state index contributed by atoms with van der Waals surface area (Å²) in [5.41, 5.74) is 6.94. The summed E-state index contributed by atoms with van der Waals surface area (Å²) >= 11 is 0. The van der Waals surface area contributed by atoms with E-state index in [9.17, 15) is 0 Å². The van der Waals surface area contributed by atoms with E-state index >= 15 is 0 Å². The number of nitrogens with zero attached hydrogens (tertiary/aromatic N) is 1. The lowest BCUT2D eigenvalue weighted by Gasteiger charge is -2.41. The molecular formula is C11H22N2. The van der Waals surface area contributed by atoms with Gasteiger partial charge in [-0.15, -0.1) is 0 Å². The first-order valence-corrected chi connectivity index (χ1v) is 5.51. The maximum Gasteiger partial charge on any atom is 0.0283 e. The Labute approximate surface area is 81.5 Å². The van der Waals surface area contributed by atoms with Crippen molar-refractivity contribution in [2.45, 2.75) is 45.1 Å². The summed E-state index contributed by atoms with van der Waals surface area (Å²) in [6.07, 6.45) is 5.16. The van der Waals surface area contributed by atoms with Gasteiger partial charge in [-0.25, -0.2) is 0 Å². The van der Waals surface area contributed by atoms with E-state index in [4.69, 9.17) is 5.73 Å². The fourth-order valence-corrected chi connectivity index (χ4v) is 2.59. The molecule has 2 aliphatic rings. The Morgan fingerprint density at radius 1 is 1.23 bits per heavy atom. The molecule has 2 rings (SSSR count). The number of hydrogen-bond acceptors (Lipinski definition) is 2. The molecule has 1 aliphatic carbocycles. The summed E-state index contributed by atoms with van der Waals surface area (Å²) in [6, 6.07) is 0. The van der Waals surface area contributed by atoms with Crippen molar-refractivity contribution in [2.24, 2.45) is 11.1 Å². The molecule has 1 heterocycles. The maximum atomic E-state index is 6.23. The second-order valence-electron chi connectivity index (χ2n) is 5.84. The highest BCUT2D eigenvalue weighted by Gasteiger charge is 2.38. The van der Waals surface area contributed by atoms with Crippen molar-refractivity contribution in [1.82, 2.24) is 4.90 Å². The van der Waals surface area contributed by atoms with Crippen LogP contribution in [0.25, 0.3) is 0 Å². The highest BCUT2D eigenvalue weighted by Crippen LogP contribution is 2.34. The molecule has 2 fully saturated rings. The van der Waals surface area contributed by atoms with Gasteiger partial charge in [-0.1, -0.05) is 13.8 Å². The fraction of sp³-hybridized carbons (Fsp3) is 1.00. The molecule has 13 heavy (non-hydrogen) atoms. The average molecular weight is 182 g/mol. The molecule has 2 nitrogen and oxygen atoms in total. The minimum atomic E-state index is 0.181. The van der Waals surface area contributed by atoms with Crippen LogP contribution in [0.3, 0.4) is 0 Å². The monoisotopic (exact) mass is 182 g/mol. The molecule has 0 aromatic carbocycles. The number of rotatable bonds is 2. The fourth-order valence-electron chi connectivity index (χ4n) is 2.59. The summed E-state index contributed by atoms with van der Waals surface area (Å²) in [5, 5.41) is 0. The predicted octanol–water partition coefficient (Wildman–Crippen LogP) is 1.60. The largest absolute Gasteiger partial charge is 0.324 e. The second kappa shape index (κ2) is 2.96. The molecule has 0 aromatic heterocycles. The van der Waals surface area contributed by atoms with Crippen molar-refractivity contribution in [2.75, 3.05) is 19.6 Å². The molecule has 2 N–H and O–H groups in total. The standard InChI is InChI=1S/C11H22N2/c1-10(2)6-7-13(8-10)9-11(12)4-3-5-11/h3-9,12H2,1-2H3. The van der Waals surface area contributed by atoms with Crippen LogP contribution in [0.4, 0.5) is 0 Å². The summed E-state index contributed by atoms with van der Waals surface area (Å²) in [7, 11) is 0. The number of hydrogen-bond donors (Lipinski definition) is 1. The molecule has 1 saturated heterocycles. The lowest BCUT2D eigenvalue weighted by Crippen LogP contribution is -2.54. The molecule has 0 atom stereocenters. The smallest absolute Gasteiger partial charge is 0.0283 e. The van der Waals surface area contributed by atoms with Crippen LogP contribution in [0.1, 0.15) is 39.5 Å². The van der Waals surface area contributed by atoms with Crippen LogP contribution in [-0.2, 0) is 0 Å². The van der Waals surface area contributed by atoms with Crippen molar-refractivity contribution >= 4 is 0 Å². The molecule has 76 valence electrons. The Morgan fingerprint density at radius 2 is 1.92 bits per heavy atom. The van der Waals surface area contributed by atoms with Crippen LogP contribution in [0.15, 0.2) is 0 Å². The van der Waals surface area contributed by atoms with Gasteiger partial charge in [0.25, 0.3) is 0 Å². The molecule has 0 bridgehead atoms. The SMILES string of the molecule is CC1(C)CCN(CC2(N)CCC2)C1. The first-order valence-electron chi connectivity index (χ1n) is 5.51. The van der Waals surface area contributed by atoms with Gasteiger partial charge >= 0.3 is 0 Å². The van der Waals surface area contributed by atoms with Gasteiger partial charge in [0.2, 0.25) is 0 Å². The molecule has 1 aliphatic heterocycles. The zero-order valence-corrected chi connectivity index (χ0v) is 8.97. The zero-order valence-electron chi connectivity index (χ0n) is 8.97. The predicted molar refractivity (Wildman–Crippen MR) is 55.6 cm³/mol. The van der Waals surface area contributed by atoms with E-state index in [-0.39, 0.29) is 5.54 Å². The highest BCUT2D eigenvalue weighted by molar-refractivity contribution is 4.97. The van der Waals surface area contributed by atoms with Crippen molar-refractivity contribution < 1.29 is 0 Å². The Kier molecular flexibility index (Phi) is 2.16. The highest BCUT2D eigenvalue weighted by atomic mass is 15.2. The Balaban J connectivity index is 1.83. The summed E-state index contributed by atoms with van der Waals surface area (Å²) in [6.45, 7) is 8.35. The molecule has 0 unspecified atom stereocenters. The summed E-state index contributed by atoms with van der Waals surface area (Å²) < 4.78 is 0. The molecule has 0 amide bonds. The Morgan fingerprint density at radius 3 is 2.31 bits per heavy atom. The Bertz CT molecular complexity index is 194. The third-order valence-corrected chi connectivity index (χ3v) is 3.64. The number of nitrogens with two attached hydrogens (primary N) is 1. The third-order valence-electron chi connectivity index (χ3n) is 3.64. The molecular weight excluding hydrogens is 160 g/mol. The molecule has 2 heteroatoms. The van der Waals surface area contributed by atoms with Crippen molar-refractivity contribution in [3.05, 3.63) is 0 Å². The van der Waals surface area contributed by atoms with Gasteiger partial charge in [-0.05, 0) is 37.6 Å². The minimum absolute atomic E-state index is 0.181. The van der Waals surface area contributed by atoms with Gasteiger partial charge in [-0.2, -0.15) is 0 Å². The van der Waals surface area contributed by atoms with Gasteiger partial charge in [0.05, 0.1) is 0 Å². The quantitative estimate of drug-likeness (QED) is 0.703. The first-order chi connectivity index (χ1) is 5.99. The average Bonchev–Trinajstić information content (AvgIpc) is 2.27. The molecule has 0 radical (unpaired) electrons. The Hall–Kier alpha value is -0.0800. The molecule has 1 saturated carbocycles. The van der Waals surface area contributed by atoms with E-state index in [1.807, 2.05) is 0 Å². The lowest BCUT2D eigenvalue weighted by molar-refractivity contribution is 0.156. The maximum absolute atomic E-state index is 6.23. The van der Waals surface area contributed by atoms with E-state index in [0.717, 1.165) is 6.54 Å². The van der Waals surface area contributed by atoms with Crippen LogP contribution in [0.2, 0.25) is 0 Å². The topological polar surface area (TPSA) is 29.3 Å². The van der Waals surface area contributed by atoms with Gasteiger partial charge in [-0.3, -0.25) is 0 Å². The van der Waals surface area contributed by atoms with Crippen molar-refractivity contribution in [3.8, 4) is 0 Å². The van der Waals surface area contributed by atoms with Crippen molar-refractivity contribution in [1.29, 1.82) is 0 Å². The van der Waals surface area contributed by atoms with Gasteiger partial charge in [0.15, 0.2) is 0 Å². The number of likely N-dealkylation sites (tertiary alicyclic amines) is 1. The summed E-state index contributed by atoms with van der Waals surface area (Å²) in [4.78, 5) is 2.55. The van der Waals surface area contributed by atoms with Gasteiger partial charge < -0.3 is 10.6 Å². The van der Waals surface area contributed by atoms with E-state index in [1.165, 1.54) is 38.8 Å². The van der Waals surface area contributed by atoms with Crippen LogP contribution in [-0.4, -0.2) is 30.1 Å². The van der Waals surface area contributed by atoms with Gasteiger partial charge in [0.1, 0.15) is 0 Å². The van der Waals surface area contributed by atoms with Gasteiger partial charge in [0, 0.05) is 18.6 Å². The van der Waals surface area contributed by atoms with E-state index in [1.54, 1.807) is 0 Å². The van der Waals surface area contributed by atoms with E-state index < -0.39 is 0 Å². The van der Waals surface area contributed by atoms with Crippen LogP contribution < -0.4 is 5.73 Å². The van der Waals surface area contributed by atoms with E-state index in [0.29, 0.717) is 5.41 Å². The normalized spacial score (nSPS) is 31.6. The van der Waals surface area contributed by atoms with Crippen LogP contribution in [0.5, 0.6) is 0 Å². The molecule has 0 aromatic rings. The van der Waals surface area contributed by atoms with E-state index in [2.05, 4.69) is 18.7 Å². The summed E-state index contributed by atoms with van der Waals surface area (Å²) in [5.74, 6) is 0. The minimum Gasteiger partial charge on any atom is -0.324 e. The first kappa shape index (κ1) is 9.47. The lowest BCUT2D eigenvalue weighted by atomic mass is 9.77. The zero-order chi connectivity index (χ0) is 9.53.